The molecule has 0 unspecified atom stereocenters. The minimum Gasteiger partial charge on any atom is -0.467 e. The van der Waals surface area contributed by atoms with Gasteiger partial charge in [-0.1, -0.05) is 43.3 Å². The number of methoxy groups -OCH3 is 1. The highest BCUT2D eigenvalue weighted by molar-refractivity contribution is 6.08. The Hall–Kier alpha value is -2.87. The maximum Gasteiger partial charge on any atom is 0.328 e. The van der Waals surface area contributed by atoms with E-state index in [2.05, 4.69) is 5.32 Å². The summed E-state index contributed by atoms with van der Waals surface area (Å²) in [5, 5.41) is 13.3. The molecular weight excluding hydrogens is 292 g/mol. The van der Waals surface area contributed by atoms with Crippen LogP contribution in [0, 0.1) is 17.2 Å². The van der Waals surface area contributed by atoms with Crippen LogP contribution in [0.3, 0.4) is 0 Å². The van der Waals surface area contributed by atoms with Crippen molar-refractivity contribution in [2.45, 2.75) is 19.4 Å². The fourth-order valence-corrected chi connectivity index (χ4v) is 2.46. The van der Waals surface area contributed by atoms with Crippen molar-refractivity contribution < 1.29 is 14.3 Å². The maximum absolute atomic E-state index is 12.6. The number of carbonyl (C=O) groups excluding carboxylic acids is 2. The molecule has 23 heavy (non-hydrogen) atoms. The van der Waals surface area contributed by atoms with E-state index in [0.29, 0.717) is 5.56 Å². The molecule has 0 aromatic heterocycles. The van der Waals surface area contributed by atoms with E-state index in [9.17, 15) is 9.59 Å². The number of fused-ring (bicyclic) bond motifs is 1. The first kappa shape index (κ1) is 16.5. The van der Waals surface area contributed by atoms with E-state index in [-0.39, 0.29) is 18.2 Å². The van der Waals surface area contributed by atoms with Crippen molar-refractivity contribution in [2.24, 2.45) is 5.92 Å². The number of hydrogen-bond donors (Lipinski definition) is 1. The van der Waals surface area contributed by atoms with Crippen LogP contribution in [0.25, 0.3) is 10.8 Å². The molecule has 0 fully saturated rings. The van der Waals surface area contributed by atoms with Gasteiger partial charge in [0.25, 0.3) is 5.91 Å². The second-order valence-corrected chi connectivity index (χ2v) is 5.34. The van der Waals surface area contributed by atoms with Crippen molar-refractivity contribution in [3.8, 4) is 6.07 Å². The molecule has 0 spiro atoms. The summed E-state index contributed by atoms with van der Waals surface area (Å²) in [6, 6.07) is 14.1. The zero-order valence-electron chi connectivity index (χ0n) is 13.1. The Balaban J connectivity index is 2.31. The Morgan fingerprint density at radius 2 is 1.91 bits per heavy atom. The molecule has 2 aromatic rings. The zero-order valence-corrected chi connectivity index (χ0v) is 13.1. The van der Waals surface area contributed by atoms with E-state index >= 15 is 0 Å². The minimum absolute atomic E-state index is 0.148. The predicted octanol–water partition coefficient (Wildman–Crippen LogP) is 2.66. The van der Waals surface area contributed by atoms with Crippen LogP contribution >= 0.6 is 0 Å². The Morgan fingerprint density at radius 3 is 2.61 bits per heavy atom. The van der Waals surface area contributed by atoms with E-state index in [1.807, 2.05) is 36.4 Å². The van der Waals surface area contributed by atoms with Crippen molar-refractivity contribution in [3.63, 3.8) is 0 Å². The summed E-state index contributed by atoms with van der Waals surface area (Å²) < 4.78 is 4.74. The molecule has 0 saturated heterocycles. The van der Waals surface area contributed by atoms with Crippen LogP contribution in [0.2, 0.25) is 0 Å². The van der Waals surface area contributed by atoms with Crippen LogP contribution in [0.5, 0.6) is 0 Å². The average Bonchev–Trinajstić information content (AvgIpc) is 2.58. The summed E-state index contributed by atoms with van der Waals surface area (Å²) in [6.07, 6.45) is 0.148. The Kier molecular flexibility index (Phi) is 5.32. The minimum atomic E-state index is -0.855. The summed E-state index contributed by atoms with van der Waals surface area (Å²) in [5.74, 6) is -1.25. The molecule has 1 N–H and O–H groups in total. The number of ether oxygens (including phenoxy) is 1. The van der Waals surface area contributed by atoms with Gasteiger partial charge in [-0.25, -0.2) is 4.79 Å². The van der Waals surface area contributed by atoms with Crippen LogP contribution in [0.4, 0.5) is 0 Å². The summed E-state index contributed by atoms with van der Waals surface area (Å²) >= 11 is 0. The molecule has 5 nitrogen and oxygen atoms in total. The largest absolute Gasteiger partial charge is 0.467 e. The molecule has 5 heteroatoms. The van der Waals surface area contributed by atoms with E-state index < -0.39 is 12.0 Å². The van der Waals surface area contributed by atoms with Gasteiger partial charge in [0.1, 0.15) is 6.04 Å². The third kappa shape index (κ3) is 3.67. The van der Waals surface area contributed by atoms with Crippen molar-refractivity contribution in [2.75, 3.05) is 7.11 Å². The van der Waals surface area contributed by atoms with Gasteiger partial charge < -0.3 is 10.1 Å². The molecule has 0 aliphatic carbocycles. The second-order valence-electron chi connectivity index (χ2n) is 5.34. The number of nitriles is 1. The van der Waals surface area contributed by atoms with Gasteiger partial charge in [0.2, 0.25) is 0 Å². The molecule has 2 aromatic carbocycles. The van der Waals surface area contributed by atoms with E-state index in [1.165, 1.54) is 7.11 Å². The molecule has 0 aliphatic rings. The fourth-order valence-electron chi connectivity index (χ4n) is 2.46. The number of nitrogens with zero attached hydrogens (tertiary/aromatic N) is 1. The van der Waals surface area contributed by atoms with Crippen molar-refractivity contribution >= 4 is 22.6 Å². The maximum atomic E-state index is 12.6. The molecule has 1 amide bonds. The molecule has 0 aliphatic heterocycles. The topological polar surface area (TPSA) is 79.2 Å². The second kappa shape index (κ2) is 7.41. The summed E-state index contributed by atoms with van der Waals surface area (Å²) in [7, 11) is 1.26. The molecule has 0 radical (unpaired) electrons. The van der Waals surface area contributed by atoms with E-state index in [1.54, 1.807) is 19.1 Å². The summed E-state index contributed by atoms with van der Waals surface area (Å²) in [4.78, 5) is 24.5. The predicted molar refractivity (Wildman–Crippen MR) is 86.6 cm³/mol. The zero-order chi connectivity index (χ0) is 16.8. The highest BCUT2D eigenvalue weighted by Gasteiger charge is 2.28. The molecule has 2 atom stereocenters. The number of benzene rings is 2. The number of rotatable bonds is 5. The average molecular weight is 310 g/mol. The first-order valence-electron chi connectivity index (χ1n) is 7.32. The molecule has 0 saturated carbocycles. The van der Waals surface area contributed by atoms with Crippen molar-refractivity contribution in [3.05, 3.63) is 48.0 Å². The lowest BCUT2D eigenvalue weighted by atomic mass is 9.97. The highest BCUT2D eigenvalue weighted by atomic mass is 16.5. The third-order valence-corrected chi connectivity index (χ3v) is 3.76. The third-order valence-electron chi connectivity index (χ3n) is 3.76. The van der Waals surface area contributed by atoms with Crippen LogP contribution < -0.4 is 5.32 Å². The lowest BCUT2D eigenvalue weighted by Gasteiger charge is -2.21. The first-order chi connectivity index (χ1) is 11.1. The summed E-state index contributed by atoms with van der Waals surface area (Å²) in [5.41, 5.74) is 0.487. The van der Waals surface area contributed by atoms with Crippen LogP contribution in [-0.2, 0) is 9.53 Å². The molecule has 0 heterocycles. The normalized spacial score (nSPS) is 12.9. The van der Waals surface area contributed by atoms with Gasteiger partial charge in [-0.3, -0.25) is 4.79 Å². The Morgan fingerprint density at radius 1 is 1.22 bits per heavy atom. The van der Waals surface area contributed by atoms with Gasteiger partial charge >= 0.3 is 5.97 Å². The van der Waals surface area contributed by atoms with Crippen molar-refractivity contribution in [1.29, 1.82) is 5.26 Å². The monoisotopic (exact) mass is 310 g/mol. The fraction of sp³-hybridized carbons (Fsp3) is 0.278. The molecule has 118 valence electrons. The first-order valence-corrected chi connectivity index (χ1v) is 7.32. The standard InChI is InChI=1S/C18H18N2O3/c1-12(10-11-19)16(18(22)23-2)20-17(21)15-9-5-7-13-6-3-4-8-14(13)15/h3-9,12,16H,10H2,1-2H3,(H,20,21)/t12-,16-/m0/s1. The van der Waals surface area contributed by atoms with Gasteiger partial charge in [-0.2, -0.15) is 5.26 Å². The number of carbonyl (C=O) groups is 2. The Labute approximate surface area is 134 Å². The van der Waals surface area contributed by atoms with Crippen LogP contribution in [0.15, 0.2) is 42.5 Å². The number of nitrogens with one attached hydrogen (secondary N) is 1. The van der Waals surface area contributed by atoms with Gasteiger partial charge in [-0.05, 0) is 16.8 Å². The SMILES string of the molecule is COC(=O)[C@@H](NC(=O)c1cccc2ccccc12)[C@@H](C)CC#N. The van der Waals surface area contributed by atoms with Crippen LogP contribution in [0.1, 0.15) is 23.7 Å². The van der Waals surface area contributed by atoms with Gasteiger partial charge in [-0.15, -0.1) is 0 Å². The van der Waals surface area contributed by atoms with Gasteiger partial charge in [0, 0.05) is 17.9 Å². The lowest BCUT2D eigenvalue weighted by Crippen LogP contribution is -2.45. The van der Waals surface area contributed by atoms with Gasteiger partial charge in [0.05, 0.1) is 13.2 Å². The highest BCUT2D eigenvalue weighted by Crippen LogP contribution is 2.19. The smallest absolute Gasteiger partial charge is 0.328 e. The summed E-state index contributed by atoms with van der Waals surface area (Å²) in [6.45, 7) is 1.73. The number of hydrogen-bond acceptors (Lipinski definition) is 4. The number of amides is 1. The Bertz CT molecular complexity index is 759. The quantitative estimate of drug-likeness (QED) is 0.861. The van der Waals surface area contributed by atoms with Crippen LogP contribution in [-0.4, -0.2) is 25.0 Å². The van der Waals surface area contributed by atoms with Crippen molar-refractivity contribution in [1.82, 2.24) is 5.32 Å². The molecular formula is C18H18N2O3. The molecule has 0 bridgehead atoms. The van der Waals surface area contributed by atoms with E-state index in [4.69, 9.17) is 10.00 Å². The number of esters is 1. The lowest BCUT2D eigenvalue weighted by molar-refractivity contribution is -0.144. The van der Waals surface area contributed by atoms with E-state index in [0.717, 1.165) is 10.8 Å². The van der Waals surface area contributed by atoms with Gasteiger partial charge in [0.15, 0.2) is 0 Å². The molecule has 2 rings (SSSR count).